The molecule has 0 radical (unpaired) electrons. The van der Waals surface area contributed by atoms with E-state index in [-0.39, 0.29) is 12.4 Å². The van der Waals surface area contributed by atoms with E-state index < -0.39 is 0 Å². The van der Waals surface area contributed by atoms with Gasteiger partial charge in [-0.15, -0.1) is 0 Å². The molecule has 0 bridgehead atoms. The summed E-state index contributed by atoms with van der Waals surface area (Å²) in [6, 6.07) is 6.60. The Kier molecular flexibility index (Phi) is 4.77. The SMILES string of the molecule is O=C(CC#CI)Oc1ccc(Cl)cc1. The lowest BCUT2D eigenvalue weighted by Gasteiger charge is -2.00. The van der Waals surface area contributed by atoms with Gasteiger partial charge in [-0.05, 0) is 28.2 Å². The zero-order valence-corrected chi connectivity index (χ0v) is 10.0. The van der Waals surface area contributed by atoms with Gasteiger partial charge in [0.2, 0.25) is 0 Å². The van der Waals surface area contributed by atoms with Crippen LogP contribution in [0, 0.1) is 9.85 Å². The smallest absolute Gasteiger partial charge is 0.323 e. The number of ether oxygens (including phenoxy) is 1. The minimum Gasteiger partial charge on any atom is -0.426 e. The molecule has 0 aliphatic carbocycles. The summed E-state index contributed by atoms with van der Waals surface area (Å²) in [7, 11) is 0. The average Bonchev–Trinajstić information content (AvgIpc) is 2.18. The van der Waals surface area contributed by atoms with Crippen LogP contribution in [0.4, 0.5) is 0 Å². The van der Waals surface area contributed by atoms with Crippen LogP contribution in [-0.4, -0.2) is 5.97 Å². The van der Waals surface area contributed by atoms with Crippen LogP contribution in [0.2, 0.25) is 5.02 Å². The van der Waals surface area contributed by atoms with Crippen molar-refractivity contribution in [2.75, 3.05) is 0 Å². The molecule has 0 N–H and O–H groups in total. The third-order valence-electron chi connectivity index (χ3n) is 1.34. The molecule has 0 heterocycles. The standard InChI is InChI=1S/C10H6ClIO2/c11-8-3-5-9(6-4-8)14-10(13)2-1-7-12/h3-6H,2H2. The number of carbonyl (C=O) groups excluding carboxylic acids is 1. The third kappa shape index (κ3) is 3.99. The van der Waals surface area contributed by atoms with Gasteiger partial charge >= 0.3 is 5.97 Å². The highest BCUT2D eigenvalue weighted by molar-refractivity contribution is 14.1. The second-order valence-corrected chi connectivity index (χ2v) is 3.35. The maximum Gasteiger partial charge on any atom is 0.323 e. The van der Waals surface area contributed by atoms with Gasteiger partial charge in [-0.3, -0.25) is 4.79 Å². The van der Waals surface area contributed by atoms with E-state index in [0.717, 1.165) is 0 Å². The lowest BCUT2D eigenvalue weighted by atomic mass is 10.3. The Hall–Kier alpha value is -0.730. The van der Waals surface area contributed by atoms with Crippen molar-refractivity contribution >= 4 is 40.2 Å². The summed E-state index contributed by atoms with van der Waals surface area (Å²) in [4.78, 5) is 11.1. The Morgan fingerprint density at radius 3 is 2.64 bits per heavy atom. The molecule has 0 aliphatic heterocycles. The molecule has 0 spiro atoms. The summed E-state index contributed by atoms with van der Waals surface area (Å²) in [5.41, 5.74) is 0. The van der Waals surface area contributed by atoms with Crippen molar-refractivity contribution in [3.05, 3.63) is 29.3 Å². The Balaban J connectivity index is 2.55. The van der Waals surface area contributed by atoms with Crippen LogP contribution in [0.5, 0.6) is 5.75 Å². The van der Waals surface area contributed by atoms with Crippen LogP contribution in [0.15, 0.2) is 24.3 Å². The highest BCUT2D eigenvalue weighted by atomic mass is 127. The van der Waals surface area contributed by atoms with Crippen molar-refractivity contribution in [2.24, 2.45) is 0 Å². The number of carbonyl (C=O) groups is 1. The molecule has 4 heteroatoms. The van der Waals surface area contributed by atoms with Crippen LogP contribution in [-0.2, 0) is 4.79 Å². The summed E-state index contributed by atoms with van der Waals surface area (Å²) in [5, 5.41) is 0.608. The average molecular weight is 321 g/mol. The maximum absolute atomic E-state index is 11.1. The van der Waals surface area contributed by atoms with Gasteiger partial charge in [0.1, 0.15) is 12.2 Å². The number of hydrogen-bond acceptors (Lipinski definition) is 2. The first kappa shape index (κ1) is 11.3. The number of hydrogen-bond donors (Lipinski definition) is 0. The number of esters is 1. The predicted molar refractivity (Wildman–Crippen MR) is 63.5 cm³/mol. The van der Waals surface area contributed by atoms with E-state index in [2.05, 4.69) is 9.85 Å². The minimum absolute atomic E-state index is 0.103. The van der Waals surface area contributed by atoms with E-state index in [4.69, 9.17) is 16.3 Å². The Labute approximate surface area is 101 Å². The minimum atomic E-state index is -0.364. The van der Waals surface area contributed by atoms with Crippen molar-refractivity contribution in [2.45, 2.75) is 6.42 Å². The Morgan fingerprint density at radius 2 is 2.07 bits per heavy atom. The van der Waals surface area contributed by atoms with Gasteiger partial charge in [-0.25, -0.2) is 0 Å². The lowest BCUT2D eigenvalue weighted by molar-refractivity contribution is -0.133. The van der Waals surface area contributed by atoms with Gasteiger partial charge in [-0.2, -0.15) is 0 Å². The van der Waals surface area contributed by atoms with E-state index in [1.807, 2.05) is 22.6 Å². The molecule has 1 aromatic carbocycles. The molecular weight excluding hydrogens is 314 g/mol. The summed E-state index contributed by atoms with van der Waals surface area (Å²) in [6.07, 6.45) is 0.103. The maximum atomic E-state index is 11.1. The van der Waals surface area contributed by atoms with Gasteiger partial charge in [0.15, 0.2) is 0 Å². The number of benzene rings is 1. The largest absolute Gasteiger partial charge is 0.426 e. The van der Waals surface area contributed by atoms with E-state index in [0.29, 0.717) is 10.8 Å². The van der Waals surface area contributed by atoms with E-state index in [1.165, 1.54) is 0 Å². The van der Waals surface area contributed by atoms with Crippen molar-refractivity contribution in [3.63, 3.8) is 0 Å². The quantitative estimate of drug-likeness (QED) is 0.362. The van der Waals surface area contributed by atoms with Crippen molar-refractivity contribution < 1.29 is 9.53 Å². The van der Waals surface area contributed by atoms with Gasteiger partial charge in [0.25, 0.3) is 0 Å². The van der Waals surface area contributed by atoms with E-state index >= 15 is 0 Å². The zero-order valence-electron chi connectivity index (χ0n) is 7.09. The zero-order chi connectivity index (χ0) is 10.4. The summed E-state index contributed by atoms with van der Waals surface area (Å²) >= 11 is 7.54. The molecule has 0 aromatic heterocycles. The topological polar surface area (TPSA) is 26.3 Å². The Bertz CT molecular complexity index is 375. The monoisotopic (exact) mass is 320 g/mol. The number of rotatable bonds is 2. The van der Waals surface area contributed by atoms with Crippen LogP contribution < -0.4 is 4.74 Å². The molecule has 1 aromatic rings. The molecule has 0 saturated carbocycles. The molecule has 0 atom stereocenters. The van der Waals surface area contributed by atoms with E-state index in [9.17, 15) is 4.79 Å². The fraction of sp³-hybridized carbons (Fsp3) is 0.100. The lowest BCUT2D eigenvalue weighted by Crippen LogP contribution is -2.05. The molecule has 72 valence electrons. The first-order valence-electron chi connectivity index (χ1n) is 3.77. The fourth-order valence-electron chi connectivity index (χ4n) is 0.776. The van der Waals surface area contributed by atoms with Crippen LogP contribution >= 0.6 is 34.2 Å². The van der Waals surface area contributed by atoms with Crippen molar-refractivity contribution in [1.29, 1.82) is 0 Å². The molecule has 1 rings (SSSR count). The fourth-order valence-corrected chi connectivity index (χ4v) is 1.09. The summed E-state index contributed by atoms with van der Waals surface area (Å²) in [6.45, 7) is 0. The number of halogens is 2. The predicted octanol–water partition coefficient (Wildman–Crippen LogP) is 3.03. The van der Waals surface area contributed by atoms with Gasteiger partial charge in [0, 0.05) is 27.6 Å². The van der Waals surface area contributed by atoms with Crippen LogP contribution in [0.3, 0.4) is 0 Å². The second kappa shape index (κ2) is 5.89. The highest BCUT2D eigenvalue weighted by Gasteiger charge is 2.01. The molecular formula is C10H6ClIO2. The molecule has 14 heavy (non-hydrogen) atoms. The summed E-state index contributed by atoms with van der Waals surface area (Å²) in [5.74, 6) is 2.73. The van der Waals surface area contributed by atoms with Crippen LogP contribution in [0.1, 0.15) is 6.42 Å². The van der Waals surface area contributed by atoms with Crippen LogP contribution in [0.25, 0.3) is 0 Å². The van der Waals surface area contributed by atoms with Gasteiger partial charge in [0.05, 0.1) is 0 Å². The van der Waals surface area contributed by atoms with Crippen molar-refractivity contribution in [3.8, 4) is 15.6 Å². The van der Waals surface area contributed by atoms with Gasteiger partial charge in [-0.1, -0.05) is 17.5 Å². The highest BCUT2D eigenvalue weighted by Crippen LogP contribution is 2.15. The third-order valence-corrected chi connectivity index (χ3v) is 1.98. The first-order chi connectivity index (χ1) is 6.72. The molecule has 0 fully saturated rings. The summed E-state index contributed by atoms with van der Waals surface area (Å²) < 4.78 is 7.56. The molecule has 0 saturated heterocycles. The molecule has 0 unspecified atom stereocenters. The molecule has 2 nitrogen and oxygen atoms in total. The molecule has 0 aliphatic rings. The van der Waals surface area contributed by atoms with Gasteiger partial charge < -0.3 is 4.74 Å². The van der Waals surface area contributed by atoms with E-state index in [1.54, 1.807) is 24.3 Å². The second-order valence-electron chi connectivity index (χ2n) is 2.38. The molecule has 0 amide bonds. The first-order valence-corrected chi connectivity index (χ1v) is 5.23. The van der Waals surface area contributed by atoms with Crippen molar-refractivity contribution in [1.82, 2.24) is 0 Å². The normalized spacial score (nSPS) is 8.71. The Morgan fingerprint density at radius 1 is 1.43 bits per heavy atom.